The van der Waals surface area contributed by atoms with E-state index in [1.54, 1.807) is 14.0 Å². The number of nitrogens with one attached hydrogen (secondary N) is 1. The predicted octanol–water partition coefficient (Wildman–Crippen LogP) is 2.70. The summed E-state index contributed by atoms with van der Waals surface area (Å²) in [6.07, 6.45) is 0. The van der Waals surface area contributed by atoms with Crippen molar-refractivity contribution in [2.24, 2.45) is 7.05 Å². The van der Waals surface area contributed by atoms with Gasteiger partial charge in [-0.3, -0.25) is 9.48 Å². The normalized spacial score (nSPS) is 10.5. The van der Waals surface area contributed by atoms with Crippen molar-refractivity contribution in [1.82, 2.24) is 9.78 Å². The van der Waals surface area contributed by atoms with Crippen molar-refractivity contribution < 1.29 is 23.1 Å². The number of ether oxygens (including phenoxy) is 1. The molecule has 0 unspecified atom stereocenters. The van der Waals surface area contributed by atoms with Gasteiger partial charge >= 0.3 is 5.97 Å². The quantitative estimate of drug-likeness (QED) is 0.687. The maximum Gasteiger partial charge on any atom is 0.360 e. The number of nitrogens with zero attached hydrogens (tertiary/aromatic N) is 2. The minimum atomic E-state index is -1.21. The second-order valence-electron chi connectivity index (χ2n) is 4.62. The predicted molar refractivity (Wildman–Crippen MR) is 78.6 cm³/mol. The molecule has 1 N–H and O–H groups in total. The molecule has 0 saturated carbocycles. The lowest BCUT2D eigenvalue weighted by atomic mass is 10.2. The van der Waals surface area contributed by atoms with Crippen LogP contribution in [0.25, 0.3) is 0 Å². The van der Waals surface area contributed by atoms with Gasteiger partial charge in [0.15, 0.2) is 17.3 Å². The van der Waals surface area contributed by atoms with Crippen LogP contribution in [-0.4, -0.2) is 28.8 Å². The van der Waals surface area contributed by atoms with Gasteiger partial charge in [0.05, 0.1) is 29.1 Å². The average molecular weight is 344 g/mol. The topological polar surface area (TPSA) is 73.2 Å². The Morgan fingerprint density at radius 3 is 2.52 bits per heavy atom. The summed E-state index contributed by atoms with van der Waals surface area (Å²) in [4.78, 5) is 23.9. The zero-order valence-electron chi connectivity index (χ0n) is 12.4. The molecule has 0 radical (unpaired) electrons. The van der Waals surface area contributed by atoms with E-state index in [9.17, 15) is 18.4 Å². The number of carbonyl (C=O) groups excluding carboxylic acids is 2. The van der Waals surface area contributed by atoms with Gasteiger partial charge in [0.25, 0.3) is 5.91 Å². The van der Waals surface area contributed by atoms with Crippen molar-refractivity contribution in [2.75, 3.05) is 12.4 Å². The molecular weight excluding hydrogens is 332 g/mol. The first-order valence-corrected chi connectivity index (χ1v) is 6.71. The summed E-state index contributed by atoms with van der Waals surface area (Å²) < 4.78 is 32.3. The number of methoxy groups -OCH3 is 1. The van der Waals surface area contributed by atoms with Gasteiger partial charge in [0, 0.05) is 7.05 Å². The molecule has 6 nitrogen and oxygen atoms in total. The molecule has 1 aromatic carbocycles. The Labute approximate surface area is 135 Å². The van der Waals surface area contributed by atoms with Gasteiger partial charge in [0.1, 0.15) is 0 Å². The van der Waals surface area contributed by atoms with E-state index in [-0.39, 0.29) is 22.0 Å². The zero-order chi connectivity index (χ0) is 17.3. The van der Waals surface area contributed by atoms with Gasteiger partial charge in [-0.05, 0) is 19.1 Å². The Morgan fingerprint density at radius 2 is 1.91 bits per heavy atom. The molecule has 1 amide bonds. The molecule has 1 aromatic heterocycles. The Kier molecular flexibility index (Phi) is 4.65. The molecule has 0 aliphatic rings. The summed E-state index contributed by atoms with van der Waals surface area (Å²) in [5, 5.41) is 6.10. The number of anilines is 1. The highest BCUT2D eigenvalue weighted by atomic mass is 35.5. The highest BCUT2D eigenvalue weighted by Crippen LogP contribution is 2.24. The molecule has 0 fully saturated rings. The summed E-state index contributed by atoms with van der Waals surface area (Å²) >= 11 is 5.76. The Balaban J connectivity index is 2.42. The number of hydrogen-bond donors (Lipinski definition) is 1. The summed E-state index contributed by atoms with van der Waals surface area (Å²) in [5.74, 6) is -3.94. The number of esters is 1. The van der Waals surface area contributed by atoms with Gasteiger partial charge in [-0.15, -0.1) is 0 Å². The van der Waals surface area contributed by atoms with Crippen LogP contribution < -0.4 is 5.32 Å². The number of benzene rings is 1. The lowest BCUT2D eigenvalue weighted by Crippen LogP contribution is -2.16. The fourth-order valence-electron chi connectivity index (χ4n) is 1.87. The van der Waals surface area contributed by atoms with E-state index in [0.717, 1.165) is 0 Å². The maximum absolute atomic E-state index is 13.3. The molecular formula is C14H12ClF2N3O3. The largest absolute Gasteiger partial charge is 0.464 e. The molecule has 0 aliphatic heterocycles. The molecule has 0 bridgehead atoms. The third kappa shape index (κ3) is 3.16. The van der Waals surface area contributed by atoms with Gasteiger partial charge in [-0.25, -0.2) is 13.6 Å². The van der Waals surface area contributed by atoms with Gasteiger partial charge in [-0.2, -0.15) is 5.10 Å². The van der Waals surface area contributed by atoms with Crippen LogP contribution >= 0.6 is 11.6 Å². The number of aromatic nitrogens is 2. The van der Waals surface area contributed by atoms with Crippen LogP contribution in [0.4, 0.5) is 14.5 Å². The molecule has 2 rings (SSSR count). The molecule has 2 aromatic rings. The van der Waals surface area contributed by atoms with Crippen molar-refractivity contribution >= 4 is 29.2 Å². The monoisotopic (exact) mass is 343 g/mol. The van der Waals surface area contributed by atoms with Crippen LogP contribution in [-0.2, 0) is 11.8 Å². The van der Waals surface area contributed by atoms with Gasteiger partial charge in [0.2, 0.25) is 0 Å². The van der Waals surface area contributed by atoms with E-state index < -0.39 is 23.5 Å². The number of rotatable bonds is 3. The number of amides is 1. The van der Waals surface area contributed by atoms with Crippen LogP contribution in [0.2, 0.25) is 5.02 Å². The van der Waals surface area contributed by atoms with Crippen LogP contribution in [0.1, 0.15) is 26.5 Å². The minimum absolute atomic E-state index is 0.102. The van der Waals surface area contributed by atoms with Crippen LogP contribution in [0.3, 0.4) is 0 Å². The van der Waals surface area contributed by atoms with E-state index in [2.05, 4.69) is 15.2 Å². The molecule has 9 heteroatoms. The van der Waals surface area contributed by atoms with Crippen molar-refractivity contribution in [3.8, 4) is 0 Å². The first kappa shape index (κ1) is 16.9. The third-order valence-electron chi connectivity index (χ3n) is 3.21. The first-order valence-electron chi connectivity index (χ1n) is 6.34. The standard InChI is InChI=1S/C14H12ClF2N3O3/c1-6-11(12(14(22)23-3)19-20(6)2)18-13(21)7-4-9(16)10(17)5-8(7)15/h4-5H,1-3H3,(H,18,21). The van der Waals surface area contributed by atoms with Crippen LogP contribution in [0.5, 0.6) is 0 Å². The van der Waals surface area contributed by atoms with E-state index in [4.69, 9.17) is 11.6 Å². The van der Waals surface area contributed by atoms with Crippen molar-refractivity contribution in [3.63, 3.8) is 0 Å². The second kappa shape index (κ2) is 6.33. The number of aryl methyl sites for hydroxylation is 1. The SMILES string of the molecule is COC(=O)c1nn(C)c(C)c1NC(=O)c1cc(F)c(F)cc1Cl. The second-order valence-corrected chi connectivity index (χ2v) is 5.03. The van der Waals surface area contributed by atoms with Crippen LogP contribution in [0, 0.1) is 18.6 Å². The molecule has 0 aliphatic carbocycles. The number of halogens is 3. The van der Waals surface area contributed by atoms with Gasteiger partial charge < -0.3 is 10.1 Å². The van der Waals surface area contributed by atoms with Gasteiger partial charge in [-0.1, -0.05) is 11.6 Å². The lowest BCUT2D eigenvalue weighted by Gasteiger charge is -2.08. The summed E-state index contributed by atoms with van der Waals surface area (Å²) in [7, 11) is 2.74. The first-order chi connectivity index (χ1) is 10.8. The molecule has 23 heavy (non-hydrogen) atoms. The van der Waals surface area contributed by atoms with E-state index >= 15 is 0 Å². The Hall–Kier alpha value is -2.48. The molecule has 0 saturated heterocycles. The lowest BCUT2D eigenvalue weighted by molar-refractivity contribution is 0.0594. The van der Waals surface area contributed by atoms with E-state index in [0.29, 0.717) is 17.8 Å². The van der Waals surface area contributed by atoms with Crippen LogP contribution in [0.15, 0.2) is 12.1 Å². The van der Waals surface area contributed by atoms with E-state index in [1.807, 2.05) is 0 Å². The summed E-state index contributed by atoms with van der Waals surface area (Å²) in [6.45, 7) is 1.61. The Bertz CT molecular complexity index is 805. The maximum atomic E-state index is 13.3. The number of carbonyl (C=O) groups is 2. The molecule has 122 valence electrons. The minimum Gasteiger partial charge on any atom is -0.464 e. The molecule has 1 heterocycles. The zero-order valence-corrected chi connectivity index (χ0v) is 13.2. The summed E-state index contributed by atoms with van der Waals surface area (Å²) in [5.41, 5.74) is 0.187. The Morgan fingerprint density at radius 1 is 1.30 bits per heavy atom. The summed E-state index contributed by atoms with van der Waals surface area (Å²) in [6, 6.07) is 1.37. The smallest absolute Gasteiger partial charge is 0.360 e. The fraction of sp³-hybridized carbons (Fsp3) is 0.214. The van der Waals surface area contributed by atoms with Crippen molar-refractivity contribution in [3.05, 3.63) is 45.7 Å². The highest BCUT2D eigenvalue weighted by Gasteiger charge is 2.23. The molecule has 0 atom stereocenters. The fourth-order valence-corrected chi connectivity index (χ4v) is 2.11. The average Bonchev–Trinajstić information content (AvgIpc) is 2.78. The van der Waals surface area contributed by atoms with Crippen molar-refractivity contribution in [2.45, 2.75) is 6.92 Å². The number of hydrogen-bond acceptors (Lipinski definition) is 4. The molecule has 0 spiro atoms. The highest BCUT2D eigenvalue weighted by molar-refractivity contribution is 6.34. The van der Waals surface area contributed by atoms with Crippen molar-refractivity contribution in [1.29, 1.82) is 0 Å². The third-order valence-corrected chi connectivity index (χ3v) is 3.52. The van der Waals surface area contributed by atoms with E-state index in [1.165, 1.54) is 11.8 Å².